The van der Waals surface area contributed by atoms with Crippen LogP contribution in [-0.4, -0.2) is 22.4 Å². The van der Waals surface area contributed by atoms with E-state index in [0.29, 0.717) is 0 Å². The first kappa shape index (κ1) is 9.96. The highest BCUT2D eigenvalue weighted by Crippen LogP contribution is 2.29. The topological polar surface area (TPSA) is 66.0 Å². The van der Waals surface area contributed by atoms with Crippen molar-refractivity contribution >= 4 is 5.96 Å². The van der Waals surface area contributed by atoms with Crippen LogP contribution in [0.15, 0.2) is 24.5 Å². The highest BCUT2D eigenvalue weighted by atomic mass is 15.3. The Morgan fingerprint density at radius 3 is 3.07 bits per heavy atom. The number of aromatic nitrogens is 1. The number of nitrogens with two attached hydrogens (primary N) is 1. The summed E-state index contributed by atoms with van der Waals surface area (Å²) >= 11 is 0. The second kappa shape index (κ2) is 4.29. The molecule has 1 unspecified atom stereocenters. The average Bonchev–Trinajstić information content (AvgIpc) is 2.30. The molecule has 1 aromatic rings. The molecule has 15 heavy (non-hydrogen) atoms. The Labute approximate surface area is 89.6 Å². The van der Waals surface area contributed by atoms with Gasteiger partial charge in [-0.15, -0.1) is 0 Å². The summed E-state index contributed by atoms with van der Waals surface area (Å²) in [5, 5.41) is 7.55. The van der Waals surface area contributed by atoms with Crippen molar-refractivity contribution < 1.29 is 0 Å². The lowest BCUT2D eigenvalue weighted by Gasteiger charge is -2.36. The largest absolute Gasteiger partial charge is 0.370 e. The zero-order valence-corrected chi connectivity index (χ0v) is 8.69. The Kier molecular flexibility index (Phi) is 2.85. The maximum Gasteiger partial charge on any atom is 0.188 e. The molecule has 0 amide bonds. The monoisotopic (exact) mass is 204 g/mol. The van der Waals surface area contributed by atoms with Crippen molar-refractivity contribution in [3.05, 3.63) is 30.1 Å². The van der Waals surface area contributed by atoms with E-state index >= 15 is 0 Å². The van der Waals surface area contributed by atoms with E-state index in [1.165, 1.54) is 6.42 Å². The molecule has 0 bridgehead atoms. The zero-order valence-electron chi connectivity index (χ0n) is 8.69. The summed E-state index contributed by atoms with van der Waals surface area (Å²) in [5.74, 6) is 0.170. The van der Waals surface area contributed by atoms with E-state index in [2.05, 4.69) is 11.1 Å². The Bertz CT molecular complexity index is 336. The Morgan fingerprint density at radius 1 is 1.53 bits per heavy atom. The average molecular weight is 204 g/mol. The van der Waals surface area contributed by atoms with Crippen molar-refractivity contribution in [2.24, 2.45) is 5.73 Å². The first-order chi connectivity index (χ1) is 7.29. The van der Waals surface area contributed by atoms with Crippen LogP contribution in [0, 0.1) is 5.41 Å². The van der Waals surface area contributed by atoms with E-state index in [1.54, 1.807) is 6.20 Å². The number of hydrogen-bond acceptors (Lipinski definition) is 2. The fourth-order valence-corrected chi connectivity index (χ4v) is 2.14. The van der Waals surface area contributed by atoms with Crippen molar-refractivity contribution in [3.63, 3.8) is 0 Å². The van der Waals surface area contributed by atoms with Gasteiger partial charge in [0.2, 0.25) is 0 Å². The second-order valence-electron chi connectivity index (χ2n) is 3.88. The Balaban J connectivity index is 2.22. The third-order valence-corrected chi connectivity index (χ3v) is 2.88. The maximum atomic E-state index is 7.55. The van der Waals surface area contributed by atoms with Gasteiger partial charge in [-0.1, -0.05) is 6.07 Å². The molecule has 0 aliphatic carbocycles. The molecule has 0 saturated carbocycles. The van der Waals surface area contributed by atoms with Crippen LogP contribution in [0.2, 0.25) is 0 Å². The van der Waals surface area contributed by atoms with Gasteiger partial charge in [0.1, 0.15) is 0 Å². The quantitative estimate of drug-likeness (QED) is 0.538. The summed E-state index contributed by atoms with van der Waals surface area (Å²) in [7, 11) is 0. The molecule has 0 radical (unpaired) electrons. The van der Waals surface area contributed by atoms with Crippen LogP contribution in [0.3, 0.4) is 0 Å². The van der Waals surface area contributed by atoms with Gasteiger partial charge in [-0.2, -0.15) is 0 Å². The normalized spacial score (nSPS) is 21.3. The number of guanidine groups is 1. The van der Waals surface area contributed by atoms with Gasteiger partial charge in [-0.25, -0.2) is 0 Å². The summed E-state index contributed by atoms with van der Waals surface area (Å²) in [6.07, 6.45) is 7.02. The molecule has 1 atom stereocenters. The van der Waals surface area contributed by atoms with Crippen molar-refractivity contribution in [3.8, 4) is 0 Å². The third-order valence-electron chi connectivity index (χ3n) is 2.88. The van der Waals surface area contributed by atoms with Gasteiger partial charge in [-0.3, -0.25) is 10.4 Å². The molecule has 80 valence electrons. The van der Waals surface area contributed by atoms with Crippen molar-refractivity contribution in [1.82, 2.24) is 9.88 Å². The number of hydrogen-bond donors (Lipinski definition) is 2. The highest BCUT2D eigenvalue weighted by Gasteiger charge is 2.24. The first-order valence-electron chi connectivity index (χ1n) is 5.29. The molecule has 1 aromatic heterocycles. The van der Waals surface area contributed by atoms with E-state index in [4.69, 9.17) is 11.1 Å². The molecule has 4 nitrogen and oxygen atoms in total. The van der Waals surface area contributed by atoms with Gasteiger partial charge in [-0.05, 0) is 30.9 Å². The van der Waals surface area contributed by atoms with Crippen LogP contribution >= 0.6 is 0 Å². The van der Waals surface area contributed by atoms with E-state index in [1.807, 2.05) is 17.2 Å². The second-order valence-corrected chi connectivity index (χ2v) is 3.88. The lowest BCUT2D eigenvalue weighted by Crippen LogP contribution is -2.42. The number of likely N-dealkylation sites (tertiary alicyclic amines) is 1. The summed E-state index contributed by atoms with van der Waals surface area (Å²) in [6.45, 7) is 0.884. The predicted octanol–water partition coefficient (Wildman–Crippen LogP) is 1.50. The lowest BCUT2D eigenvalue weighted by molar-refractivity contribution is 0.240. The van der Waals surface area contributed by atoms with Crippen LogP contribution in [0.1, 0.15) is 30.9 Å². The molecule has 1 aliphatic heterocycles. The molecule has 0 spiro atoms. The van der Waals surface area contributed by atoms with Crippen LogP contribution in [0.5, 0.6) is 0 Å². The number of nitrogens with zero attached hydrogens (tertiary/aromatic N) is 2. The number of rotatable bonds is 1. The summed E-state index contributed by atoms with van der Waals surface area (Å²) in [4.78, 5) is 6.07. The molecular weight excluding hydrogens is 188 g/mol. The summed E-state index contributed by atoms with van der Waals surface area (Å²) < 4.78 is 0. The highest BCUT2D eigenvalue weighted by molar-refractivity contribution is 5.75. The zero-order chi connectivity index (χ0) is 10.7. The molecule has 3 N–H and O–H groups in total. The van der Waals surface area contributed by atoms with Crippen LogP contribution in [-0.2, 0) is 0 Å². The third kappa shape index (κ3) is 2.09. The van der Waals surface area contributed by atoms with Gasteiger partial charge in [0, 0.05) is 18.9 Å². The Hall–Kier alpha value is -1.58. The summed E-state index contributed by atoms with van der Waals surface area (Å²) in [6, 6.07) is 4.23. The molecule has 1 fully saturated rings. The molecule has 4 heteroatoms. The van der Waals surface area contributed by atoms with Gasteiger partial charge in [0.05, 0.1) is 6.04 Å². The minimum absolute atomic E-state index is 0.170. The van der Waals surface area contributed by atoms with Crippen molar-refractivity contribution in [2.75, 3.05) is 6.54 Å². The van der Waals surface area contributed by atoms with Gasteiger partial charge in [0.25, 0.3) is 0 Å². The number of piperidine rings is 1. The van der Waals surface area contributed by atoms with Gasteiger partial charge < -0.3 is 10.6 Å². The maximum absolute atomic E-state index is 7.55. The number of pyridine rings is 1. The lowest BCUT2D eigenvalue weighted by atomic mass is 9.97. The van der Waals surface area contributed by atoms with Gasteiger partial charge in [0.15, 0.2) is 5.96 Å². The minimum atomic E-state index is 0.170. The molecule has 1 saturated heterocycles. The van der Waals surface area contributed by atoms with E-state index in [9.17, 15) is 0 Å². The molecule has 0 aromatic carbocycles. The van der Waals surface area contributed by atoms with E-state index in [-0.39, 0.29) is 12.0 Å². The fourth-order valence-electron chi connectivity index (χ4n) is 2.14. The van der Waals surface area contributed by atoms with Crippen LogP contribution < -0.4 is 5.73 Å². The smallest absolute Gasteiger partial charge is 0.188 e. The predicted molar refractivity (Wildman–Crippen MR) is 59.4 cm³/mol. The van der Waals surface area contributed by atoms with Crippen molar-refractivity contribution in [1.29, 1.82) is 5.41 Å². The SMILES string of the molecule is N=C(N)N1CCCCC1c1cccnc1. The Morgan fingerprint density at radius 2 is 2.40 bits per heavy atom. The fraction of sp³-hybridized carbons (Fsp3) is 0.455. The van der Waals surface area contributed by atoms with Crippen molar-refractivity contribution in [2.45, 2.75) is 25.3 Å². The molecule has 2 heterocycles. The summed E-state index contributed by atoms with van der Waals surface area (Å²) in [5.41, 5.74) is 6.74. The van der Waals surface area contributed by atoms with E-state index < -0.39 is 0 Å². The number of nitrogens with one attached hydrogen (secondary N) is 1. The first-order valence-corrected chi connectivity index (χ1v) is 5.29. The standard InChI is InChI=1S/C11H16N4/c12-11(13)15-7-2-1-5-10(15)9-4-3-6-14-8-9/h3-4,6,8,10H,1-2,5,7H2,(H3,12,13). The van der Waals surface area contributed by atoms with E-state index in [0.717, 1.165) is 24.9 Å². The molecular formula is C11H16N4. The van der Waals surface area contributed by atoms with Crippen LogP contribution in [0.4, 0.5) is 0 Å². The minimum Gasteiger partial charge on any atom is -0.370 e. The molecule has 1 aliphatic rings. The molecule has 2 rings (SSSR count). The van der Waals surface area contributed by atoms with Crippen LogP contribution in [0.25, 0.3) is 0 Å². The van der Waals surface area contributed by atoms with Gasteiger partial charge >= 0.3 is 0 Å².